The van der Waals surface area contributed by atoms with Crippen LogP contribution in [0.15, 0.2) is 18.2 Å². The average Bonchev–Trinajstić information content (AvgIpc) is 2.38. The van der Waals surface area contributed by atoms with Gasteiger partial charge in [0.15, 0.2) is 0 Å². The molecule has 112 valence electrons. The molecule has 2 unspecified atom stereocenters. The molecule has 1 nitrogen and oxygen atoms in total. The minimum absolute atomic E-state index is 0.266. The molecular formula is C17H25ClFN. The molecule has 20 heavy (non-hydrogen) atoms. The van der Waals surface area contributed by atoms with Gasteiger partial charge in [-0.1, -0.05) is 44.4 Å². The first-order valence-electron chi connectivity index (χ1n) is 7.55. The first-order valence-corrected chi connectivity index (χ1v) is 7.93. The van der Waals surface area contributed by atoms with Crippen LogP contribution in [0.1, 0.15) is 45.1 Å². The van der Waals surface area contributed by atoms with E-state index in [1.54, 1.807) is 0 Å². The molecule has 0 amide bonds. The molecule has 1 fully saturated rings. The Labute approximate surface area is 126 Å². The van der Waals surface area contributed by atoms with Crippen molar-refractivity contribution in [2.75, 3.05) is 7.05 Å². The van der Waals surface area contributed by atoms with Crippen molar-refractivity contribution in [3.8, 4) is 0 Å². The maximum absolute atomic E-state index is 13.1. The van der Waals surface area contributed by atoms with Gasteiger partial charge in [0.2, 0.25) is 0 Å². The third kappa shape index (κ3) is 3.53. The SMILES string of the molecule is CNC(Cc1ccc(F)cc1Cl)C1CCCCC1(C)C. The van der Waals surface area contributed by atoms with Crippen molar-refractivity contribution in [2.45, 2.75) is 52.0 Å². The fourth-order valence-corrected chi connectivity index (χ4v) is 3.88. The van der Waals surface area contributed by atoms with Crippen LogP contribution in [0.2, 0.25) is 5.02 Å². The van der Waals surface area contributed by atoms with Crippen molar-refractivity contribution in [2.24, 2.45) is 11.3 Å². The van der Waals surface area contributed by atoms with Crippen molar-refractivity contribution in [3.63, 3.8) is 0 Å². The van der Waals surface area contributed by atoms with E-state index in [2.05, 4.69) is 19.2 Å². The molecule has 2 atom stereocenters. The van der Waals surface area contributed by atoms with E-state index in [-0.39, 0.29) is 5.82 Å². The van der Waals surface area contributed by atoms with Gasteiger partial charge in [-0.15, -0.1) is 0 Å². The molecule has 0 aliphatic heterocycles. The second-order valence-corrected chi connectivity index (χ2v) is 7.08. The zero-order chi connectivity index (χ0) is 14.8. The minimum Gasteiger partial charge on any atom is -0.316 e. The second-order valence-electron chi connectivity index (χ2n) is 6.68. The van der Waals surface area contributed by atoms with Gasteiger partial charge in [-0.3, -0.25) is 0 Å². The Morgan fingerprint density at radius 2 is 2.15 bits per heavy atom. The smallest absolute Gasteiger partial charge is 0.124 e. The van der Waals surface area contributed by atoms with Gasteiger partial charge in [0.1, 0.15) is 5.82 Å². The largest absolute Gasteiger partial charge is 0.316 e. The third-order valence-corrected chi connectivity index (χ3v) is 5.25. The summed E-state index contributed by atoms with van der Waals surface area (Å²) in [7, 11) is 2.02. The molecule has 1 aromatic carbocycles. The fourth-order valence-electron chi connectivity index (χ4n) is 3.64. The van der Waals surface area contributed by atoms with Gasteiger partial charge in [-0.2, -0.15) is 0 Å². The molecule has 1 aromatic rings. The highest BCUT2D eigenvalue weighted by Gasteiger charge is 2.37. The maximum Gasteiger partial charge on any atom is 0.124 e. The zero-order valence-electron chi connectivity index (χ0n) is 12.7. The molecule has 0 heterocycles. The van der Waals surface area contributed by atoms with E-state index in [1.165, 1.54) is 37.8 Å². The van der Waals surface area contributed by atoms with E-state index in [0.29, 0.717) is 22.4 Å². The van der Waals surface area contributed by atoms with Gasteiger partial charge in [0.05, 0.1) is 0 Å². The number of hydrogen-bond donors (Lipinski definition) is 1. The standard InChI is InChI=1S/C17H25ClFN/c1-17(2)9-5-4-6-14(17)16(20-3)10-12-7-8-13(19)11-15(12)18/h7-8,11,14,16,20H,4-6,9-10H2,1-3H3. The second kappa shape index (κ2) is 6.44. The molecule has 0 spiro atoms. The van der Waals surface area contributed by atoms with E-state index in [4.69, 9.17) is 11.6 Å². The third-order valence-electron chi connectivity index (χ3n) is 4.90. The summed E-state index contributed by atoms with van der Waals surface area (Å²) >= 11 is 6.17. The first kappa shape index (κ1) is 15.8. The number of nitrogens with one attached hydrogen (secondary N) is 1. The Morgan fingerprint density at radius 3 is 2.75 bits per heavy atom. The molecule has 0 bridgehead atoms. The van der Waals surface area contributed by atoms with Crippen LogP contribution in [0.25, 0.3) is 0 Å². The number of halogens is 2. The summed E-state index contributed by atoms with van der Waals surface area (Å²) in [6.45, 7) is 4.74. The lowest BCUT2D eigenvalue weighted by molar-refractivity contribution is 0.101. The van der Waals surface area contributed by atoms with Gasteiger partial charge in [-0.25, -0.2) is 4.39 Å². The lowest BCUT2D eigenvalue weighted by Crippen LogP contribution is -2.44. The van der Waals surface area contributed by atoms with Gasteiger partial charge in [0, 0.05) is 11.1 Å². The Bertz CT molecular complexity index is 458. The number of likely N-dealkylation sites (N-methyl/N-ethyl adjacent to an activating group) is 1. The zero-order valence-corrected chi connectivity index (χ0v) is 13.4. The van der Waals surface area contributed by atoms with Crippen LogP contribution in [0.5, 0.6) is 0 Å². The molecule has 1 saturated carbocycles. The van der Waals surface area contributed by atoms with Crippen LogP contribution in [-0.2, 0) is 6.42 Å². The lowest BCUT2D eigenvalue weighted by Gasteiger charge is -2.43. The predicted molar refractivity (Wildman–Crippen MR) is 83.7 cm³/mol. The molecule has 2 rings (SSSR count). The highest BCUT2D eigenvalue weighted by Crippen LogP contribution is 2.43. The van der Waals surface area contributed by atoms with Crippen LogP contribution in [-0.4, -0.2) is 13.1 Å². The summed E-state index contributed by atoms with van der Waals surface area (Å²) < 4.78 is 13.1. The average molecular weight is 298 g/mol. The topological polar surface area (TPSA) is 12.0 Å². The van der Waals surface area contributed by atoms with Crippen LogP contribution >= 0.6 is 11.6 Å². The van der Waals surface area contributed by atoms with Crippen molar-refractivity contribution in [1.82, 2.24) is 5.32 Å². The van der Waals surface area contributed by atoms with Gasteiger partial charge in [0.25, 0.3) is 0 Å². The number of rotatable bonds is 4. The van der Waals surface area contributed by atoms with E-state index in [0.717, 1.165) is 12.0 Å². The van der Waals surface area contributed by atoms with Crippen molar-refractivity contribution in [3.05, 3.63) is 34.6 Å². The first-order chi connectivity index (χ1) is 9.44. The van der Waals surface area contributed by atoms with E-state index >= 15 is 0 Å². The van der Waals surface area contributed by atoms with Crippen LogP contribution < -0.4 is 5.32 Å². The molecule has 0 radical (unpaired) electrons. The Hall–Kier alpha value is -0.600. The van der Waals surface area contributed by atoms with Crippen molar-refractivity contribution >= 4 is 11.6 Å². The highest BCUT2D eigenvalue weighted by molar-refractivity contribution is 6.31. The molecule has 0 aromatic heterocycles. The summed E-state index contributed by atoms with van der Waals surface area (Å²) in [5.41, 5.74) is 1.40. The Balaban J connectivity index is 2.15. The number of hydrogen-bond acceptors (Lipinski definition) is 1. The van der Waals surface area contributed by atoms with Gasteiger partial charge >= 0.3 is 0 Å². The summed E-state index contributed by atoms with van der Waals surface area (Å²) in [6, 6.07) is 5.13. The molecule has 1 aliphatic carbocycles. The van der Waals surface area contributed by atoms with Crippen LogP contribution in [0.4, 0.5) is 4.39 Å². The molecule has 3 heteroatoms. The fraction of sp³-hybridized carbons (Fsp3) is 0.647. The summed E-state index contributed by atoms with van der Waals surface area (Å²) in [5, 5.41) is 4.01. The molecule has 1 aliphatic rings. The van der Waals surface area contributed by atoms with Crippen LogP contribution in [0, 0.1) is 17.2 Å². The van der Waals surface area contributed by atoms with E-state index < -0.39 is 0 Å². The minimum atomic E-state index is -0.266. The van der Waals surface area contributed by atoms with Crippen molar-refractivity contribution in [1.29, 1.82) is 0 Å². The summed E-state index contributed by atoms with van der Waals surface area (Å²) in [5.74, 6) is 0.375. The van der Waals surface area contributed by atoms with Crippen molar-refractivity contribution < 1.29 is 4.39 Å². The maximum atomic E-state index is 13.1. The summed E-state index contributed by atoms with van der Waals surface area (Å²) in [6.07, 6.45) is 6.05. The van der Waals surface area contributed by atoms with Gasteiger partial charge < -0.3 is 5.32 Å². The highest BCUT2D eigenvalue weighted by atomic mass is 35.5. The van der Waals surface area contributed by atoms with E-state index in [1.807, 2.05) is 13.1 Å². The van der Waals surface area contributed by atoms with Crippen LogP contribution in [0.3, 0.4) is 0 Å². The Kier molecular flexibility index (Phi) is 5.09. The molecule has 1 N–H and O–H groups in total. The summed E-state index contributed by atoms with van der Waals surface area (Å²) in [4.78, 5) is 0. The monoisotopic (exact) mass is 297 g/mol. The number of benzene rings is 1. The van der Waals surface area contributed by atoms with E-state index in [9.17, 15) is 4.39 Å². The quantitative estimate of drug-likeness (QED) is 0.839. The predicted octanol–water partition coefficient (Wildman–Crippen LogP) is 4.83. The molecule has 0 saturated heterocycles. The molecular weight excluding hydrogens is 273 g/mol. The van der Waals surface area contributed by atoms with Gasteiger partial charge in [-0.05, 0) is 55.3 Å². The normalized spacial score (nSPS) is 23.6. The lowest BCUT2D eigenvalue weighted by atomic mass is 9.65. The Morgan fingerprint density at radius 1 is 1.40 bits per heavy atom.